The molecule has 4 aromatic rings. The summed E-state index contributed by atoms with van der Waals surface area (Å²) in [6, 6.07) is 11.2. The number of carbonyl (C=O) groups excluding carboxylic acids is 1. The molecule has 220 valence electrons. The number of anilines is 1. The fourth-order valence-corrected chi connectivity index (χ4v) is 8.81. The van der Waals surface area contributed by atoms with Crippen LogP contribution >= 0.6 is 34.4 Å². The molecule has 2 aliphatic rings. The highest BCUT2D eigenvalue weighted by atomic mass is 32.2. The lowest BCUT2D eigenvalue weighted by Gasteiger charge is -2.29. The third-order valence-electron chi connectivity index (χ3n) is 8.05. The van der Waals surface area contributed by atoms with Gasteiger partial charge < -0.3 is 5.32 Å². The minimum atomic E-state index is -0.341. The van der Waals surface area contributed by atoms with Gasteiger partial charge in [0, 0.05) is 26.8 Å². The molecule has 0 saturated heterocycles. The number of amides is 1. The van der Waals surface area contributed by atoms with E-state index in [1.165, 1.54) is 39.6 Å². The highest BCUT2D eigenvalue weighted by Crippen LogP contribution is 2.48. The van der Waals surface area contributed by atoms with Crippen molar-refractivity contribution in [2.45, 2.75) is 69.5 Å². The number of nitrogens with one attached hydrogen (secondary N) is 1. The van der Waals surface area contributed by atoms with Crippen LogP contribution in [-0.2, 0) is 10.2 Å². The van der Waals surface area contributed by atoms with Gasteiger partial charge >= 0.3 is 0 Å². The number of allylic oxidation sites excluding steroid dienone is 2. The van der Waals surface area contributed by atoms with E-state index in [-0.39, 0.29) is 28.9 Å². The number of nitrogens with zero attached hydrogens (tertiary/aromatic N) is 4. The number of aromatic nitrogens is 3. The highest BCUT2D eigenvalue weighted by Gasteiger charge is 2.34. The summed E-state index contributed by atoms with van der Waals surface area (Å²) in [6.07, 6.45) is 11.4. The van der Waals surface area contributed by atoms with Crippen LogP contribution in [-0.4, -0.2) is 26.4 Å². The van der Waals surface area contributed by atoms with Crippen LogP contribution in [0.15, 0.2) is 52.5 Å². The molecule has 1 aromatic carbocycles. The Hall–Kier alpha value is -3.52. The summed E-state index contributed by atoms with van der Waals surface area (Å²) < 4.78 is 16.7. The van der Waals surface area contributed by atoms with E-state index in [0.29, 0.717) is 27.1 Å². The van der Waals surface area contributed by atoms with Gasteiger partial charge in [0.15, 0.2) is 11.0 Å². The van der Waals surface area contributed by atoms with Crippen LogP contribution in [0.5, 0.6) is 0 Å². The quantitative estimate of drug-likeness (QED) is 0.197. The average molecular weight is 630 g/mol. The number of thioether (sulfide) groups is 1. The molecule has 43 heavy (non-hydrogen) atoms. The predicted octanol–water partition coefficient (Wildman–Crippen LogP) is 9.01. The number of benzene rings is 1. The standard InChI is InChI=1S/C33H32FN5OS3/c1-20-14-15-41-27(20)13-12-21-16-24-25(18-35)31(43-29(24)33(2,3)17-21)36-28(40)19-42-32-38-37-30(23-10-6-7-11-26(23)34)39(32)22-8-4-5-9-22/h6-7,10-16,22H,4-5,8-9,17,19H2,1-3H3,(H,36,40). The van der Waals surface area contributed by atoms with Crippen molar-refractivity contribution in [2.75, 3.05) is 11.1 Å². The van der Waals surface area contributed by atoms with E-state index in [2.05, 4.69) is 72.0 Å². The van der Waals surface area contributed by atoms with Gasteiger partial charge in [-0.25, -0.2) is 4.39 Å². The largest absolute Gasteiger partial charge is 0.316 e. The van der Waals surface area contributed by atoms with Crippen LogP contribution in [0.4, 0.5) is 9.39 Å². The molecule has 1 saturated carbocycles. The van der Waals surface area contributed by atoms with Crippen LogP contribution in [0.2, 0.25) is 0 Å². The zero-order chi connectivity index (χ0) is 30.1. The summed E-state index contributed by atoms with van der Waals surface area (Å²) in [5.74, 6) is 0.0388. The molecule has 3 heterocycles. The first-order valence-corrected chi connectivity index (χ1v) is 17.1. The van der Waals surface area contributed by atoms with E-state index in [9.17, 15) is 14.4 Å². The second-order valence-corrected chi connectivity index (χ2v) is 14.6. The summed E-state index contributed by atoms with van der Waals surface area (Å²) in [4.78, 5) is 15.6. The van der Waals surface area contributed by atoms with Gasteiger partial charge in [-0.05, 0) is 73.1 Å². The minimum Gasteiger partial charge on any atom is -0.316 e. The minimum absolute atomic E-state index is 0.100. The molecule has 0 unspecified atom stereocenters. The number of fused-ring (bicyclic) bond motifs is 1. The zero-order valence-electron chi connectivity index (χ0n) is 24.3. The second-order valence-electron chi connectivity index (χ2n) is 11.7. The molecule has 1 N–H and O–H groups in total. The van der Waals surface area contributed by atoms with E-state index >= 15 is 0 Å². The number of nitriles is 1. The number of carbonyl (C=O) groups is 1. The molecule has 0 aliphatic heterocycles. The fraction of sp³-hybridized carbons (Fsp3) is 0.333. The Morgan fingerprint density at radius 2 is 2.02 bits per heavy atom. The third-order valence-corrected chi connectivity index (χ3v) is 11.5. The molecule has 0 radical (unpaired) electrons. The van der Waals surface area contributed by atoms with Crippen molar-refractivity contribution < 1.29 is 9.18 Å². The van der Waals surface area contributed by atoms with E-state index < -0.39 is 0 Å². The number of aryl methyl sites for hydroxylation is 1. The molecule has 1 fully saturated rings. The number of thiophene rings is 2. The lowest BCUT2D eigenvalue weighted by Crippen LogP contribution is -2.20. The summed E-state index contributed by atoms with van der Waals surface area (Å²) >= 11 is 4.49. The van der Waals surface area contributed by atoms with Gasteiger partial charge in [-0.1, -0.05) is 56.7 Å². The van der Waals surface area contributed by atoms with Crippen molar-refractivity contribution in [3.63, 3.8) is 0 Å². The Morgan fingerprint density at radius 1 is 1.23 bits per heavy atom. The number of hydrogen-bond donors (Lipinski definition) is 1. The van der Waals surface area contributed by atoms with Gasteiger partial charge in [-0.15, -0.1) is 32.9 Å². The van der Waals surface area contributed by atoms with Crippen LogP contribution < -0.4 is 5.32 Å². The summed E-state index contributed by atoms with van der Waals surface area (Å²) in [5.41, 5.74) is 4.04. The monoisotopic (exact) mass is 629 g/mol. The van der Waals surface area contributed by atoms with Crippen molar-refractivity contribution in [3.8, 4) is 17.5 Å². The van der Waals surface area contributed by atoms with Gasteiger partial charge in [0.1, 0.15) is 16.9 Å². The SMILES string of the molecule is Cc1ccsc1C=CC1=Cc2c(sc(NC(=O)CSc3nnc(-c4ccccc4F)n3C3CCCC3)c2C#N)C(C)(C)C1. The molecular formula is C33H32FN5OS3. The Kier molecular flexibility index (Phi) is 8.40. The van der Waals surface area contributed by atoms with Gasteiger partial charge in [0.2, 0.25) is 5.91 Å². The molecule has 1 amide bonds. The normalized spacial score (nSPS) is 16.3. The smallest absolute Gasteiger partial charge is 0.235 e. The first-order valence-electron chi connectivity index (χ1n) is 14.4. The first kappa shape index (κ1) is 29.5. The van der Waals surface area contributed by atoms with Crippen molar-refractivity contribution in [3.05, 3.63) is 79.6 Å². The first-order chi connectivity index (χ1) is 20.7. The maximum Gasteiger partial charge on any atom is 0.235 e. The molecule has 10 heteroatoms. The molecule has 2 aliphatic carbocycles. The van der Waals surface area contributed by atoms with E-state index in [1.807, 2.05) is 4.57 Å². The number of hydrogen-bond acceptors (Lipinski definition) is 7. The average Bonchev–Trinajstić information content (AvgIpc) is 3.78. The lowest BCUT2D eigenvalue weighted by molar-refractivity contribution is -0.113. The molecule has 0 bridgehead atoms. The predicted molar refractivity (Wildman–Crippen MR) is 175 cm³/mol. The number of halogens is 1. The van der Waals surface area contributed by atoms with Crippen LogP contribution in [0.25, 0.3) is 23.5 Å². The Morgan fingerprint density at radius 3 is 2.74 bits per heavy atom. The summed E-state index contributed by atoms with van der Waals surface area (Å²) in [6.45, 7) is 6.48. The molecule has 6 nitrogen and oxygen atoms in total. The van der Waals surface area contributed by atoms with Crippen LogP contribution in [0.1, 0.15) is 78.4 Å². The fourth-order valence-electron chi connectivity index (χ4n) is 5.94. The van der Waals surface area contributed by atoms with E-state index in [0.717, 1.165) is 48.1 Å². The van der Waals surface area contributed by atoms with Gasteiger partial charge in [0.05, 0.1) is 16.9 Å². The molecule has 3 aromatic heterocycles. The van der Waals surface area contributed by atoms with Crippen molar-refractivity contribution >= 4 is 57.5 Å². The van der Waals surface area contributed by atoms with Crippen LogP contribution in [0.3, 0.4) is 0 Å². The Balaban J connectivity index is 1.22. The maximum absolute atomic E-state index is 14.7. The highest BCUT2D eigenvalue weighted by molar-refractivity contribution is 7.99. The molecule has 6 rings (SSSR count). The van der Waals surface area contributed by atoms with E-state index in [4.69, 9.17) is 0 Å². The third kappa shape index (κ3) is 5.99. The van der Waals surface area contributed by atoms with Crippen molar-refractivity contribution in [1.82, 2.24) is 14.8 Å². The van der Waals surface area contributed by atoms with Crippen molar-refractivity contribution in [2.24, 2.45) is 0 Å². The van der Waals surface area contributed by atoms with Gasteiger partial charge in [-0.3, -0.25) is 9.36 Å². The topological polar surface area (TPSA) is 83.6 Å². The Bertz CT molecular complexity index is 1780. The summed E-state index contributed by atoms with van der Waals surface area (Å²) in [5, 5.41) is 25.2. The van der Waals surface area contributed by atoms with Gasteiger partial charge in [0.25, 0.3) is 0 Å². The van der Waals surface area contributed by atoms with Crippen LogP contribution in [0, 0.1) is 24.1 Å². The zero-order valence-corrected chi connectivity index (χ0v) is 26.8. The molecule has 0 atom stereocenters. The lowest BCUT2D eigenvalue weighted by atomic mass is 9.77. The van der Waals surface area contributed by atoms with Crippen molar-refractivity contribution in [1.29, 1.82) is 5.26 Å². The number of rotatable bonds is 8. The molecular weight excluding hydrogens is 598 g/mol. The maximum atomic E-state index is 14.7. The van der Waals surface area contributed by atoms with E-state index in [1.54, 1.807) is 29.5 Å². The Labute approximate surface area is 263 Å². The second kappa shape index (κ2) is 12.2. The molecule has 0 spiro atoms. The van der Waals surface area contributed by atoms with Gasteiger partial charge in [-0.2, -0.15) is 5.26 Å². The summed E-state index contributed by atoms with van der Waals surface area (Å²) in [7, 11) is 0.